The number of carbonyl (C=O) groups excluding carboxylic acids is 1. The van der Waals surface area contributed by atoms with Crippen LogP contribution in [-0.4, -0.2) is 81.5 Å². The highest BCUT2D eigenvalue weighted by atomic mass is 16.2. The summed E-state index contributed by atoms with van der Waals surface area (Å²) in [7, 11) is 2.16. The largest absolute Gasteiger partial charge is 0.368 e. The van der Waals surface area contributed by atoms with Crippen molar-refractivity contribution in [1.29, 1.82) is 0 Å². The molecule has 3 aromatic heterocycles. The van der Waals surface area contributed by atoms with E-state index in [-0.39, 0.29) is 5.91 Å². The van der Waals surface area contributed by atoms with Crippen molar-refractivity contribution in [2.75, 3.05) is 51.2 Å². The molecule has 34 heavy (non-hydrogen) atoms. The lowest BCUT2D eigenvalue weighted by Gasteiger charge is -2.34. The maximum Gasteiger partial charge on any atom is 0.255 e. The molecule has 2 fully saturated rings. The maximum absolute atomic E-state index is 13.2. The zero-order chi connectivity index (χ0) is 23.8. The van der Waals surface area contributed by atoms with Gasteiger partial charge in [0, 0.05) is 63.1 Å². The Morgan fingerprint density at radius 3 is 2.41 bits per heavy atom. The zero-order valence-corrected chi connectivity index (χ0v) is 20.8. The van der Waals surface area contributed by atoms with E-state index >= 15 is 0 Å². The van der Waals surface area contributed by atoms with Crippen LogP contribution in [0.4, 0.5) is 5.69 Å². The molecule has 180 valence electrons. The third-order valence-corrected chi connectivity index (χ3v) is 7.65. The molecule has 0 spiro atoms. The van der Waals surface area contributed by atoms with Crippen molar-refractivity contribution in [3.05, 3.63) is 47.3 Å². The molecule has 8 heteroatoms. The normalized spacial score (nSPS) is 18.1. The maximum atomic E-state index is 13.2. The van der Waals surface area contributed by atoms with Gasteiger partial charge in [0.15, 0.2) is 0 Å². The van der Waals surface area contributed by atoms with E-state index in [2.05, 4.69) is 51.3 Å². The van der Waals surface area contributed by atoms with E-state index in [9.17, 15) is 4.79 Å². The molecule has 2 aliphatic rings. The van der Waals surface area contributed by atoms with Gasteiger partial charge in [-0.1, -0.05) is 0 Å². The standard InChI is InChI=1S/C26H35N7O/c1-5-33-18(2)14-22(19(33)3)26(34)32-8-6-20(7-9-32)24-25-23(28-17-29-24)15-21(16-27-25)31-12-10-30(4)11-13-31/h14-17,20H,5-13H2,1-4H3. The average molecular weight is 462 g/mol. The molecule has 3 aromatic rings. The van der Waals surface area contributed by atoms with Crippen LogP contribution in [0.25, 0.3) is 11.0 Å². The van der Waals surface area contributed by atoms with Crippen LogP contribution < -0.4 is 4.90 Å². The minimum atomic E-state index is 0.147. The Kier molecular flexibility index (Phi) is 6.25. The lowest BCUT2D eigenvalue weighted by atomic mass is 9.92. The molecule has 2 saturated heterocycles. The second kappa shape index (κ2) is 9.33. The highest BCUT2D eigenvalue weighted by Crippen LogP contribution is 2.32. The smallest absolute Gasteiger partial charge is 0.255 e. The molecule has 0 N–H and O–H groups in total. The number of piperazine rings is 1. The summed E-state index contributed by atoms with van der Waals surface area (Å²) in [4.78, 5) is 34.0. The number of nitrogens with zero attached hydrogens (tertiary/aromatic N) is 7. The van der Waals surface area contributed by atoms with Gasteiger partial charge in [-0.3, -0.25) is 9.78 Å². The lowest BCUT2D eigenvalue weighted by molar-refractivity contribution is 0.0711. The van der Waals surface area contributed by atoms with Gasteiger partial charge in [-0.25, -0.2) is 9.97 Å². The average Bonchev–Trinajstić information content (AvgIpc) is 3.16. The van der Waals surface area contributed by atoms with E-state index in [1.54, 1.807) is 6.33 Å². The minimum Gasteiger partial charge on any atom is -0.368 e. The van der Waals surface area contributed by atoms with Crippen molar-refractivity contribution in [2.24, 2.45) is 0 Å². The van der Waals surface area contributed by atoms with Gasteiger partial charge in [-0.2, -0.15) is 0 Å². The summed E-state index contributed by atoms with van der Waals surface area (Å²) in [6, 6.07) is 4.19. The monoisotopic (exact) mass is 461 g/mol. The lowest BCUT2D eigenvalue weighted by Crippen LogP contribution is -2.44. The molecule has 0 atom stereocenters. The topological polar surface area (TPSA) is 70.4 Å². The number of aryl methyl sites for hydroxylation is 1. The predicted molar refractivity (Wildman–Crippen MR) is 135 cm³/mol. The van der Waals surface area contributed by atoms with E-state index in [1.165, 1.54) is 0 Å². The van der Waals surface area contributed by atoms with Crippen molar-refractivity contribution in [1.82, 2.24) is 29.3 Å². The Balaban J connectivity index is 1.30. The second-order valence-corrected chi connectivity index (χ2v) is 9.71. The van der Waals surface area contributed by atoms with Gasteiger partial charge in [0.2, 0.25) is 0 Å². The van der Waals surface area contributed by atoms with Crippen LogP contribution in [-0.2, 0) is 6.54 Å². The molecule has 0 unspecified atom stereocenters. The fourth-order valence-corrected chi connectivity index (χ4v) is 5.52. The van der Waals surface area contributed by atoms with Gasteiger partial charge >= 0.3 is 0 Å². The highest BCUT2D eigenvalue weighted by Gasteiger charge is 2.29. The van der Waals surface area contributed by atoms with E-state index in [0.717, 1.165) is 98.0 Å². The number of likely N-dealkylation sites (tertiary alicyclic amines) is 1. The number of carbonyl (C=O) groups is 1. The van der Waals surface area contributed by atoms with Crippen molar-refractivity contribution >= 4 is 22.6 Å². The van der Waals surface area contributed by atoms with Crippen LogP contribution in [0, 0.1) is 13.8 Å². The Hall–Kier alpha value is -3.00. The Labute approximate surface area is 201 Å². The molecule has 0 aliphatic carbocycles. The van der Waals surface area contributed by atoms with Crippen LogP contribution in [0.3, 0.4) is 0 Å². The SMILES string of the molecule is CCn1c(C)cc(C(=O)N2CCC(c3ncnc4cc(N5CCN(C)CC5)cnc34)CC2)c1C. The summed E-state index contributed by atoms with van der Waals surface area (Å²) in [6.07, 6.45) is 5.44. The first-order valence-corrected chi connectivity index (χ1v) is 12.5. The van der Waals surface area contributed by atoms with Crippen LogP contribution in [0.2, 0.25) is 0 Å². The van der Waals surface area contributed by atoms with Gasteiger partial charge in [-0.15, -0.1) is 0 Å². The Morgan fingerprint density at radius 2 is 1.74 bits per heavy atom. The third kappa shape index (κ3) is 4.15. The third-order valence-electron chi connectivity index (χ3n) is 7.65. The number of amides is 1. The van der Waals surface area contributed by atoms with Gasteiger partial charge in [0.05, 0.1) is 28.7 Å². The predicted octanol–water partition coefficient (Wildman–Crippen LogP) is 3.23. The van der Waals surface area contributed by atoms with Gasteiger partial charge in [-0.05, 0) is 52.8 Å². The van der Waals surface area contributed by atoms with Crippen molar-refractivity contribution in [2.45, 2.75) is 46.1 Å². The van der Waals surface area contributed by atoms with Crippen molar-refractivity contribution in [3.63, 3.8) is 0 Å². The summed E-state index contributed by atoms with van der Waals surface area (Å²) in [6.45, 7) is 12.7. The molecule has 0 aromatic carbocycles. The van der Waals surface area contributed by atoms with Crippen molar-refractivity contribution < 1.29 is 4.79 Å². The van der Waals surface area contributed by atoms with Crippen LogP contribution in [0.1, 0.15) is 53.1 Å². The van der Waals surface area contributed by atoms with E-state index in [1.807, 2.05) is 24.1 Å². The molecule has 0 bridgehead atoms. The molecule has 2 aliphatic heterocycles. The van der Waals surface area contributed by atoms with E-state index in [4.69, 9.17) is 4.98 Å². The van der Waals surface area contributed by atoms with Crippen LogP contribution >= 0.6 is 0 Å². The number of aromatic nitrogens is 4. The van der Waals surface area contributed by atoms with Gasteiger partial charge in [0.25, 0.3) is 5.91 Å². The molecule has 0 saturated carbocycles. The number of hydrogen-bond donors (Lipinski definition) is 0. The number of piperidine rings is 1. The Morgan fingerprint density at radius 1 is 1.00 bits per heavy atom. The van der Waals surface area contributed by atoms with Crippen LogP contribution in [0.5, 0.6) is 0 Å². The summed E-state index contributed by atoms with van der Waals surface area (Å²) < 4.78 is 2.20. The molecule has 0 radical (unpaired) electrons. The molecule has 8 nitrogen and oxygen atoms in total. The number of fused-ring (bicyclic) bond motifs is 1. The Bertz CT molecular complexity index is 1190. The van der Waals surface area contributed by atoms with Crippen molar-refractivity contribution in [3.8, 4) is 0 Å². The summed E-state index contributed by atoms with van der Waals surface area (Å²) in [5, 5.41) is 0. The summed E-state index contributed by atoms with van der Waals surface area (Å²) in [5.41, 5.74) is 7.01. The van der Waals surface area contributed by atoms with E-state index in [0.29, 0.717) is 5.92 Å². The summed E-state index contributed by atoms with van der Waals surface area (Å²) >= 11 is 0. The molecular weight excluding hydrogens is 426 g/mol. The number of likely N-dealkylation sites (N-methyl/N-ethyl adjacent to an activating group) is 1. The number of anilines is 1. The highest BCUT2D eigenvalue weighted by molar-refractivity contribution is 5.95. The number of hydrogen-bond acceptors (Lipinski definition) is 6. The molecular formula is C26H35N7O. The number of rotatable bonds is 4. The quantitative estimate of drug-likeness (QED) is 0.594. The molecule has 5 heterocycles. The van der Waals surface area contributed by atoms with E-state index < -0.39 is 0 Å². The van der Waals surface area contributed by atoms with Gasteiger partial charge < -0.3 is 19.3 Å². The first-order chi connectivity index (χ1) is 16.5. The van der Waals surface area contributed by atoms with Crippen LogP contribution in [0.15, 0.2) is 24.7 Å². The first-order valence-electron chi connectivity index (χ1n) is 12.5. The minimum absolute atomic E-state index is 0.147. The number of pyridine rings is 1. The summed E-state index contributed by atoms with van der Waals surface area (Å²) in [5.74, 6) is 0.438. The molecule has 1 amide bonds. The zero-order valence-electron chi connectivity index (χ0n) is 20.8. The fraction of sp³-hybridized carbons (Fsp3) is 0.538. The van der Waals surface area contributed by atoms with Gasteiger partial charge in [0.1, 0.15) is 11.8 Å². The second-order valence-electron chi connectivity index (χ2n) is 9.71. The fourth-order valence-electron chi connectivity index (χ4n) is 5.52. The molecule has 5 rings (SSSR count). The first kappa shape index (κ1) is 22.8.